The minimum atomic E-state index is -0.104. The Labute approximate surface area is 120 Å². The zero-order chi connectivity index (χ0) is 14.4. The first-order valence-corrected chi connectivity index (χ1v) is 7.12. The van der Waals surface area contributed by atoms with Crippen molar-refractivity contribution in [2.75, 3.05) is 6.54 Å². The van der Waals surface area contributed by atoms with E-state index in [9.17, 15) is 4.79 Å². The molecule has 1 aromatic carbocycles. The Morgan fingerprint density at radius 3 is 2.45 bits per heavy atom. The Balaban J connectivity index is 2.14. The van der Waals surface area contributed by atoms with Crippen molar-refractivity contribution in [2.24, 2.45) is 0 Å². The normalized spacial score (nSPS) is 12.6. The van der Waals surface area contributed by atoms with E-state index in [1.807, 2.05) is 42.5 Å². The van der Waals surface area contributed by atoms with Crippen molar-refractivity contribution < 1.29 is 9.21 Å². The van der Waals surface area contributed by atoms with Crippen molar-refractivity contribution in [2.45, 2.75) is 32.9 Å². The average Bonchev–Trinajstić information content (AvgIpc) is 3.00. The van der Waals surface area contributed by atoms with Gasteiger partial charge in [0.2, 0.25) is 0 Å². The van der Waals surface area contributed by atoms with E-state index in [1.54, 1.807) is 6.26 Å². The minimum Gasteiger partial charge on any atom is -0.468 e. The van der Waals surface area contributed by atoms with Gasteiger partial charge in [-0.1, -0.05) is 44.2 Å². The number of rotatable bonds is 7. The smallest absolute Gasteiger partial charge is 0.179 e. The van der Waals surface area contributed by atoms with Gasteiger partial charge in [-0.2, -0.15) is 0 Å². The summed E-state index contributed by atoms with van der Waals surface area (Å²) in [5, 5.41) is 0. The highest BCUT2D eigenvalue weighted by Gasteiger charge is 2.24. The van der Waals surface area contributed by atoms with Crippen molar-refractivity contribution in [1.29, 1.82) is 0 Å². The molecule has 2 rings (SSSR count). The largest absolute Gasteiger partial charge is 0.468 e. The van der Waals surface area contributed by atoms with Crippen molar-refractivity contribution in [3.05, 3.63) is 60.1 Å². The molecule has 0 amide bonds. The summed E-state index contributed by atoms with van der Waals surface area (Å²) in [6, 6.07) is 13.2. The van der Waals surface area contributed by atoms with Gasteiger partial charge in [0.05, 0.1) is 18.8 Å². The quantitative estimate of drug-likeness (QED) is 0.719. The van der Waals surface area contributed by atoms with E-state index < -0.39 is 0 Å². The molecular formula is C17H21NO2. The maximum atomic E-state index is 12.6. The second-order valence-electron chi connectivity index (χ2n) is 4.80. The van der Waals surface area contributed by atoms with Crippen LogP contribution in [-0.2, 0) is 6.54 Å². The lowest BCUT2D eigenvalue weighted by atomic mass is 10.0. The molecule has 20 heavy (non-hydrogen) atoms. The molecule has 1 heterocycles. The van der Waals surface area contributed by atoms with Crippen LogP contribution in [0.1, 0.15) is 36.4 Å². The zero-order valence-electron chi connectivity index (χ0n) is 12.1. The van der Waals surface area contributed by atoms with Gasteiger partial charge < -0.3 is 4.42 Å². The monoisotopic (exact) mass is 271 g/mol. The molecule has 1 aromatic heterocycles. The van der Waals surface area contributed by atoms with E-state index in [-0.39, 0.29) is 11.8 Å². The van der Waals surface area contributed by atoms with Crippen LogP contribution in [0.3, 0.4) is 0 Å². The molecule has 0 saturated heterocycles. The fraction of sp³-hybridized carbons (Fsp3) is 0.353. The highest BCUT2D eigenvalue weighted by molar-refractivity contribution is 6.00. The number of Topliss-reactive ketones (excluding diaryl/α,β-unsaturated/α-hetero) is 1. The number of hydrogen-bond donors (Lipinski definition) is 0. The van der Waals surface area contributed by atoms with Crippen LogP contribution in [0.25, 0.3) is 0 Å². The van der Waals surface area contributed by atoms with E-state index in [0.717, 1.165) is 24.3 Å². The number of carbonyl (C=O) groups excluding carboxylic acids is 1. The maximum Gasteiger partial charge on any atom is 0.179 e. The molecule has 3 heteroatoms. The van der Waals surface area contributed by atoms with E-state index in [2.05, 4.69) is 18.7 Å². The molecule has 0 fully saturated rings. The summed E-state index contributed by atoms with van der Waals surface area (Å²) in [6.45, 7) is 5.61. The molecule has 0 aliphatic rings. The molecule has 106 valence electrons. The molecule has 3 nitrogen and oxygen atoms in total. The molecule has 0 aliphatic heterocycles. The standard InChI is InChI=1S/C17H21NO2/c1-3-16(17(19)14-9-6-5-7-10-14)18(4-2)13-15-11-8-12-20-15/h5-12,16H,3-4,13H2,1-2H3. The summed E-state index contributed by atoms with van der Waals surface area (Å²) in [7, 11) is 0. The van der Waals surface area contributed by atoms with Crippen LogP contribution in [0.5, 0.6) is 0 Å². The Kier molecular flexibility index (Phi) is 5.13. The van der Waals surface area contributed by atoms with E-state index in [1.165, 1.54) is 0 Å². The number of hydrogen-bond acceptors (Lipinski definition) is 3. The molecule has 1 unspecified atom stereocenters. The Bertz CT molecular complexity index is 519. The first-order valence-electron chi connectivity index (χ1n) is 7.12. The van der Waals surface area contributed by atoms with E-state index in [4.69, 9.17) is 4.42 Å². The number of likely N-dealkylation sites (N-methyl/N-ethyl adjacent to an activating group) is 1. The lowest BCUT2D eigenvalue weighted by Gasteiger charge is -2.28. The van der Waals surface area contributed by atoms with E-state index in [0.29, 0.717) is 6.54 Å². The average molecular weight is 271 g/mol. The Morgan fingerprint density at radius 1 is 1.15 bits per heavy atom. The summed E-state index contributed by atoms with van der Waals surface area (Å²) >= 11 is 0. The molecule has 0 radical (unpaired) electrons. The van der Waals surface area contributed by atoms with Crippen molar-refractivity contribution in [3.8, 4) is 0 Å². The van der Waals surface area contributed by atoms with Gasteiger partial charge >= 0.3 is 0 Å². The number of ketones is 1. The molecule has 0 N–H and O–H groups in total. The molecule has 0 bridgehead atoms. The molecule has 1 atom stereocenters. The lowest BCUT2D eigenvalue weighted by Crippen LogP contribution is -2.40. The molecule has 0 spiro atoms. The summed E-state index contributed by atoms with van der Waals surface area (Å²) in [5.74, 6) is 1.08. The summed E-state index contributed by atoms with van der Waals surface area (Å²) in [6.07, 6.45) is 2.46. The van der Waals surface area contributed by atoms with Crippen molar-refractivity contribution in [3.63, 3.8) is 0 Å². The fourth-order valence-electron chi connectivity index (χ4n) is 2.45. The lowest BCUT2D eigenvalue weighted by molar-refractivity contribution is 0.0797. The van der Waals surface area contributed by atoms with Crippen LogP contribution in [-0.4, -0.2) is 23.3 Å². The topological polar surface area (TPSA) is 33.5 Å². The molecule has 2 aromatic rings. The molecule has 0 aliphatic carbocycles. The van der Waals surface area contributed by atoms with Crippen LogP contribution in [0.15, 0.2) is 53.1 Å². The summed E-state index contributed by atoms with van der Waals surface area (Å²) in [4.78, 5) is 14.8. The van der Waals surface area contributed by atoms with Crippen LogP contribution in [0.2, 0.25) is 0 Å². The molecule has 0 saturated carbocycles. The van der Waals surface area contributed by atoms with Gasteiger partial charge in [0.25, 0.3) is 0 Å². The SMILES string of the molecule is CCC(C(=O)c1ccccc1)N(CC)Cc1ccco1. The predicted molar refractivity (Wildman–Crippen MR) is 79.6 cm³/mol. The van der Waals surface area contributed by atoms with Gasteiger partial charge in [-0.15, -0.1) is 0 Å². The Hall–Kier alpha value is -1.87. The highest BCUT2D eigenvalue weighted by atomic mass is 16.3. The molecular weight excluding hydrogens is 250 g/mol. The third-order valence-electron chi connectivity index (χ3n) is 3.53. The van der Waals surface area contributed by atoms with Crippen LogP contribution in [0, 0.1) is 0 Å². The van der Waals surface area contributed by atoms with Gasteiger partial charge in [-0.25, -0.2) is 0 Å². The second kappa shape index (κ2) is 7.06. The Morgan fingerprint density at radius 2 is 1.90 bits per heavy atom. The minimum absolute atomic E-state index is 0.104. The number of carbonyl (C=O) groups is 1. The number of furan rings is 1. The van der Waals surface area contributed by atoms with Gasteiger partial charge in [-0.05, 0) is 25.1 Å². The summed E-state index contributed by atoms with van der Waals surface area (Å²) < 4.78 is 5.39. The zero-order valence-corrected chi connectivity index (χ0v) is 12.1. The number of benzene rings is 1. The van der Waals surface area contributed by atoms with Crippen LogP contribution < -0.4 is 0 Å². The summed E-state index contributed by atoms with van der Waals surface area (Å²) in [5.41, 5.74) is 0.775. The van der Waals surface area contributed by atoms with Gasteiger partial charge in [0, 0.05) is 5.56 Å². The fourth-order valence-corrected chi connectivity index (χ4v) is 2.45. The first-order chi connectivity index (χ1) is 9.76. The first kappa shape index (κ1) is 14.5. The third-order valence-corrected chi connectivity index (χ3v) is 3.53. The number of nitrogens with zero attached hydrogens (tertiary/aromatic N) is 1. The second-order valence-corrected chi connectivity index (χ2v) is 4.80. The van der Waals surface area contributed by atoms with Crippen molar-refractivity contribution >= 4 is 5.78 Å². The van der Waals surface area contributed by atoms with Gasteiger partial charge in [0.15, 0.2) is 5.78 Å². The van der Waals surface area contributed by atoms with Gasteiger partial charge in [0.1, 0.15) is 5.76 Å². The highest BCUT2D eigenvalue weighted by Crippen LogP contribution is 2.16. The third kappa shape index (κ3) is 3.36. The van der Waals surface area contributed by atoms with Crippen molar-refractivity contribution in [1.82, 2.24) is 4.90 Å². The van der Waals surface area contributed by atoms with Gasteiger partial charge in [-0.3, -0.25) is 9.69 Å². The van der Waals surface area contributed by atoms with Crippen LogP contribution in [0.4, 0.5) is 0 Å². The van der Waals surface area contributed by atoms with Crippen LogP contribution >= 0.6 is 0 Å². The maximum absolute atomic E-state index is 12.6. The van der Waals surface area contributed by atoms with E-state index >= 15 is 0 Å². The predicted octanol–water partition coefficient (Wildman–Crippen LogP) is 3.76.